The van der Waals surface area contributed by atoms with E-state index in [1.165, 1.54) is 11.0 Å². The molecule has 3 fully saturated rings. The number of hydrogen-bond acceptors (Lipinski definition) is 6. The lowest BCUT2D eigenvalue weighted by atomic mass is 9.70. The van der Waals surface area contributed by atoms with Crippen LogP contribution in [0.3, 0.4) is 0 Å². The Labute approximate surface area is 183 Å². The Morgan fingerprint density at radius 1 is 1.42 bits per heavy atom. The molecule has 3 aliphatic heterocycles. The first-order valence-electron chi connectivity index (χ1n) is 11.2. The molecule has 2 amide bonds. The molecule has 1 N–H and O–H groups in total. The number of β-amino-alcohol motifs (C(OH)–C–C–N with tert-alkyl or cyclic N) is 1. The number of amides is 2. The average molecular weight is 435 g/mol. The average Bonchev–Trinajstić information content (AvgIpc) is 3.38. The van der Waals surface area contributed by atoms with E-state index in [0.717, 1.165) is 12.8 Å². The highest BCUT2D eigenvalue weighted by Gasteiger charge is 2.75. The van der Waals surface area contributed by atoms with Crippen LogP contribution in [0.25, 0.3) is 0 Å². The minimum absolute atomic E-state index is 0.0139. The van der Waals surface area contributed by atoms with Crippen molar-refractivity contribution < 1.29 is 29.0 Å². The summed E-state index contributed by atoms with van der Waals surface area (Å²) in [5, 5.41) is 9.62. The molecule has 1 spiro atoms. The highest BCUT2D eigenvalue weighted by atomic mass is 16.6. The summed E-state index contributed by atoms with van der Waals surface area (Å²) in [5.41, 5.74) is -1.07. The predicted octanol–water partition coefficient (Wildman–Crippen LogP) is 1.29. The zero-order valence-electron chi connectivity index (χ0n) is 18.5. The molecule has 3 aliphatic rings. The smallest absolute Gasteiger partial charge is 0.312 e. The van der Waals surface area contributed by atoms with Crippen molar-refractivity contribution in [1.29, 1.82) is 0 Å². The van der Waals surface area contributed by atoms with Crippen LogP contribution in [0.2, 0.25) is 0 Å². The molecule has 0 aromatic heterocycles. The molecule has 31 heavy (non-hydrogen) atoms. The van der Waals surface area contributed by atoms with Crippen LogP contribution >= 0.6 is 0 Å². The van der Waals surface area contributed by atoms with E-state index in [4.69, 9.17) is 9.47 Å². The fourth-order valence-electron chi connectivity index (χ4n) is 5.64. The van der Waals surface area contributed by atoms with E-state index in [9.17, 15) is 19.5 Å². The number of aliphatic hydroxyl groups is 1. The van der Waals surface area contributed by atoms with Gasteiger partial charge in [-0.3, -0.25) is 14.4 Å². The molecule has 8 heteroatoms. The van der Waals surface area contributed by atoms with Gasteiger partial charge in [-0.05, 0) is 26.2 Å². The van der Waals surface area contributed by atoms with Crippen molar-refractivity contribution in [3.8, 4) is 0 Å². The van der Waals surface area contributed by atoms with Crippen LogP contribution in [0.1, 0.15) is 39.5 Å². The number of ether oxygens (including phenoxy) is 2. The Hall–Kier alpha value is -2.19. The molecule has 0 aromatic rings. The quantitative estimate of drug-likeness (QED) is 0.389. The van der Waals surface area contributed by atoms with Crippen LogP contribution in [-0.4, -0.2) is 82.8 Å². The highest BCUT2D eigenvalue weighted by molar-refractivity contribution is 5.98. The molecule has 6 atom stereocenters. The van der Waals surface area contributed by atoms with Crippen LogP contribution in [0.4, 0.5) is 0 Å². The second-order valence-electron chi connectivity index (χ2n) is 8.65. The van der Waals surface area contributed by atoms with Crippen LogP contribution in [0, 0.1) is 11.8 Å². The summed E-state index contributed by atoms with van der Waals surface area (Å²) in [7, 11) is 0. The summed E-state index contributed by atoms with van der Waals surface area (Å²) in [4.78, 5) is 43.2. The van der Waals surface area contributed by atoms with E-state index < -0.39 is 35.6 Å². The molecule has 3 heterocycles. The molecular formula is C23H34N2O6. The molecule has 0 aromatic carbocycles. The van der Waals surface area contributed by atoms with E-state index in [-0.39, 0.29) is 37.6 Å². The van der Waals surface area contributed by atoms with Crippen LogP contribution in [0.15, 0.2) is 25.3 Å². The topological polar surface area (TPSA) is 96.4 Å². The number of esters is 1. The summed E-state index contributed by atoms with van der Waals surface area (Å²) in [6.07, 6.45) is 5.53. The zero-order valence-corrected chi connectivity index (χ0v) is 18.5. The van der Waals surface area contributed by atoms with Crippen molar-refractivity contribution >= 4 is 17.8 Å². The van der Waals surface area contributed by atoms with Gasteiger partial charge in [0.1, 0.15) is 18.2 Å². The van der Waals surface area contributed by atoms with Gasteiger partial charge in [-0.25, -0.2) is 0 Å². The molecule has 3 rings (SSSR count). The number of nitrogens with zero attached hydrogens (tertiary/aromatic N) is 2. The lowest BCUT2D eigenvalue weighted by Crippen LogP contribution is -2.58. The first kappa shape index (κ1) is 23.5. The molecule has 8 nitrogen and oxygen atoms in total. The molecular weight excluding hydrogens is 400 g/mol. The van der Waals surface area contributed by atoms with E-state index in [0.29, 0.717) is 19.4 Å². The van der Waals surface area contributed by atoms with Gasteiger partial charge in [-0.1, -0.05) is 32.1 Å². The maximum absolute atomic E-state index is 13.8. The van der Waals surface area contributed by atoms with Crippen molar-refractivity contribution in [3.63, 3.8) is 0 Å². The van der Waals surface area contributed by atoms with Gasteiger partial charge >= 0.3 is 5.97 Å². The standard InChI is InChI=1S/C23H34N2O6/c1-5-8-15(4)24(11-6-2)21(28)19-23-10-9-16(31-23)17(22(29)30-14-7-3)18(23)20(27)25(19)12-13-26/h6-7,15-19,26H,2-3,5,8-14H2,1,4H3/t15?,16-,17+,18+,19?,23?/m1/s1. The summed E-state index contributed by atoms with van der Waals surface area (Å²) >= 11 is 0. The second-order valence-corrected chi connectivity index (χ2v) is 8.65. The highest BCUT2D eigenvalue weighted by Crippen LogP contribution is 2.58. The first-order chi connectivity index (χ1) is 14.9. The molecule has 0 radical (unpaired) electrons. The van der Waals surface area contributed by atoms with Crippen LogP contribution < -0.4 is 0 Å². The number of aliphatic hydroxyl groups excluding tert-OH is 1. The largest absolute Gasteiger partial charge is 0.461 e. The maximum Gasteiger partial charge on any atom is 0.312 e. The van der Waals surface area contributed by atoms with Gasteiger partial charge in [0.2, 0.25) is 11.8 Å². The molecule has 2 bridgehead atoms. The second kappa shape index (κ2) is 9.53. The number of hydrogen-bond donors (Lipinski definition) is 1. The Kier molecular flexibility index (Phi) is 7.21. The Morgan fingerprint density at radius 3 is 2.77 bits per heavy atom. The SMILES string of the molecule is C=CCOC(=O)[C@@H]1[C@H]2C(=O)N(CCO)C(C(=O)N(CC=C)C(C)CCC)C23CC[C@H]1O3. The minimum atomic E-state index is -1.07. The van der Waals surface area contributed by atoms with Crippen LogP contribution in [-0.2, 0) is 23.9 Å². The van der Waals surface area contributed by atoms with Gasteiger partial charge in [0, 0.05) is 19.1 Å². The third kappa shape index (κ3) is 3.80. The van der Waals surface area contributed by atoms with Crippen LogP contribution in [0.5, 0.6) is 0 Å². The number of likely N-dealkylation sites (tertiary alicyclic amines) is 1. The Morgan fingerprint density at radius 2 is 2.16 bits per heavy atom. The lowest BCUT2D eigenvalue weighted by molar-refractivity contribution is -0.154. The summed E-state index contributed by atoms with van der Waals surface area (Å²) < 4.78 is 11.6. The molecule has 3 unspecified atom stereocenters. The van der Waals surface area contributed by atoms with Gasteiger partial charge in [0.05, 0.1) is 24.5 Å². The Bertz CT molecular complexity index is 740. The van der Waals surface area contributed by atoms with Crippen molar-refractivity contribution in [2.45, 2.75) is 63.3 Å². The zero-order chi connectivity index (χ0) is 22.8. The van der Waals surface area contributed by atoms with Crippen molar-refractivity contribution in [3.05, 3.63) is 25.3 Å². The lowest BCUT2D eigenvalue weighted by Gasteiger charge is -2.38. The van der Waals surface area contributed by atoms with E-state index in [1.807, 2.05) is 6.92 Å². The summed E-state index contributed by atoms with van der Waals surface area (Å²) in [6.45, 7) is 11.5. The fraction of sp³-hybridized carbons (Fsp3) is 0.696. The van der Waals surface area contributed by atoms with Gasteiger partial charge in [-0.15, -0.1) is 6.58 Å². The van der Waals surface area contributed by atoms with E-state index in [1.54, 1.807) is 11.0 Å². The van der Waals surface area contributed by atoms with Crippen molar-refractivity contribution in [1.82, 2.24) is 9.80 Å². The number of carbonyl (C=O) groups is 3. The predicted molar refractivity (Wildman–Crippen MR) is 114 cm³/mol. The summed E-state index contributed by atoms with van der Waals surface area (Å²) in [5.74, 6) is -2.57. The number of rotatable bonds is 11. The van der Waals surface area contributed by atoms with Gasteiger partial charge in [-0.2, -0.15) is 0 Å². The third-order valence-electron chi connectivity index (χ3n) is 6.84. The maximum atomic E-state index is 13.8. The number of carbonyl (C=O) groups excluding carboxylic acids is 3. The normalized spacial score (nSPS) is 32.0. The van der Waals surface area contributed by atoms with Gasteiger partial charge in [0.25, 0.3) is 0 Å². The van der Waals surface area contributed by atoms with Crippen molar-refractivity contribution in [2.24, 2.45) is 11.8 Å². The molecule has 0 aliphatic carbocycles. The monoisotopic (exact) mass is 434 g/mol. The molecule has 3 saturated heterocycles. The van der Waals surface area contributed by atoms with Gasteiger partial charge < -0.3 is 24.4 Å². The van der Waals surface area contributed by atoms with Gasteiger partial charge in [0.15, 0.2) is 0 Å². The minimum Gasteiger partial charge on any atom is -0.461 e. The van der Waals surface area contributed by atoms with Crippen molar-refractivity contribution in [2.75, 3.05) is 26.3 Å². The first-order valence-corrected chi connectivity index (χ1v) is 11.2. The summed E-state index contributed by atoms with van der Waals surface area (Å²) in [6, 6.07) is -0.914. The third-order valence-corrected chi connectivity index (χ3v) is 6.84. The van der Waals surface area contributed by atoms with E-state index >= 15 is 0 Å². The fourth-order valence-corrected chi connectivity index (χ4v) is 5.64. The number of fused-ring (bicyclic) bond motifs is 1. The Balaban J connectivity index is 1.98. The molecule has 0 saturated carbocycles. The van der Waals surface area contributed by atoms with E-state index in [2.05, 4.69) is 20.1 Å². The molecule has 172 valence electrons.